The van der Waals surface area contributed by atoms with Crippen LogP contribution in [0.5, 0.6) is 0 Å². The van der Waals surface area contributed by atoms with Crippen LogP contribution in [-0.2, 0) is 0 Å². The summed E-state index contributed by atoms with van der Waals surface area (Å²) in [6, 6.07) is 13.4. The van der Waals surface area contributed by atoms with Gasteiger partial charge in [0.2, 0.25) is 5.95 Å². The Morgan fingerprint density at radius 1 is 0.720 bits per heavy atom. The molecule has 0 fully saturated rings. The molecule has 0 saturated carbocycles. The molecular formula is C19H18Cl2N4. The fraction of sp³-hybridized carbons (Fsp3) is 0.158. The number of nitrogens with zero attached hydrogens (tertiary/aromatic N) is 2. The van der Waals surface area contributed by atoms with Crippen molar-refractivity contribution in [1.82, 2.24) is 9.97 Å². The van der Waals surface area contributed by atoms with Crippen LogP contribution in [0.4, 0.5) is 23.1 Å². The molecule has 6 heteroatoms. The maximum absolute atomic E-state index is 6.18. The van der Waals surface area contributed by atoms with E-state index in [2.05, 4.69) is 20.6 Å². The van der Waals surface area contributed by atoms with Gasteiger partial charge in [0.1, 0.15) is 5.82 Å². The van der Waals surface area contributed by atoms with E-state index in [4.69, 9.17) is 23.2 Å². The van der Waals surface area contributed by atoms with Crippen LogP contribution < -0.4 is 10.6 Å². The summed E-state index contributed by atoms with van der Waals surface area (Å²) in [4.78, 5) is 8.93. The van der Waals surface area contributed by atoms with E-state index in [9.17, 15) is 0 Å². The van der Waals surface area contributed by atoms with E-state index in [1.807, 2.05) is 63.2 Å². The monoisotopic (exact) mass is 372 g/mol. The van der Waals surface area contributed by atoms with Crippen molar-refractivity contribution in [3.05, 3.63) is 69.3 Å². The van der Waals surface area contributed by atoms with Crippen LogP contribution in [0, 0.1) is 20.8 Å². The fourth-order valence-electron chi connectivity index (χ4n) is 2.31. The number of halogens is 2. The van der Waals surface area contributed by atoms with Gasteiger partial charge in [0, 0.05) is 33.2 Å². The number of nitrogens with one attached hydrogen (secondary N) is 2. The average molecular weight is 373 g/mol. The molecule has 0 spiro atoms. The summed E-state index contributed by atoms with van der Waals surface area (Å²) in [5.41, 5.74) is 4.61. The van der Waals surface area contributed by atoms with Gasteiger partial charge in [-0.2, -0.15) is 4.98 Å². The van der Waals surface area contributed by atoms with Gasteiger partial charge in [0.05, 0.1) is 0 Å². The zero-order chi connectivity index (χ0) is 18.0. The molecule has 0 unspecified atom stereocenters. The number of rotatable bonds is 4. The Labute approximate surface area is 157 Å². The second kappa shape index (κ2) is 7.30. The van der Waals surface area contributed by atoms with Crippen LogP contribution in [0.2, 0.25) is 10.0 Å². The zero-order valence-electron chi connectivity index (χ0n) is 14.2. The molecule has 2 N–H and O–H groups in total. The van der Waals surface area contributed by atoms with Crippen LogP contribution >= 0.6 is 23.2 Å². The standard InChI is InChI=1S/C19H18Cl2N4/c1-11-4-6-14(9-16(11)20)23-18-8-13(3)22-19(25-18)24-15-7-5-12(2)17(21)10-15/h4-10H,1-3H3,(H2,22,23,24,25). The summed E-state index contributed by atoms with van der Waals surface area (Å²) in [5.74, 6) is 1.19. The first kappa shape index (κ1) is 17.5. The number of anilines is 4. The largest absolute Gasteiger partial charge is 0.340 e. The molecule has 4 nitrogen and oxygen atoms in total. The summed E-state index contributed by atoms with van der Waals surface area (Å²) in [7, 11) is 0. The Hall–Kier alpha value is -2.30. The van der Waals surface area contributed by atoms with Gasteiger partial charge in [0.25, 0.3) is 0 Å². The van der Waals surface area contributed by atoms with Crippen LogP contribution in [0.15, 0.2) is 42.5 Å². The van der Waals surface area contributed by atoms with E-state index in [1.165, 1.54) is 0 Å². The molecule has 1 heterocycles. The minimum Gasteiger partial charge on any atom is -0.340 e. The predicted molar refractivity (Wildman–Crippen MR) is 106 cm³/mol. The molecule has 2 aromatic carbocycles. The lowest BCUT2D eigenvalue weighted by molar-refractivity contribution is 1.11. The lowest BCUT2D eigenvalue weighted by Crippen LogP contribution is -2.02. The molecule has 3 rings (SSSR count). The van der Waals surface area contributed by atoms with E-state index in [1.54, 1.807) is 0 Å². The van der Waals surface area contributed by atoms with Gasteiger partial charge in [-0.1, -0.05) is 35.3 Å². The van der Waals surface area contributed by atoms with Crippen molar-refractivity contribution in [2.45, 2.75) is 20.8 Å². The second-order valence-corrected chi connectivity index (χ2v) is 6.71. The molecule has 1 aromatic heterocycles. The SMILES string of the molecule is Cc1cc(Nc2ccc(C)c(Cl)c2)nc(Nc2ccc(C)c(Cl)c2)n1. The minimum atomic E-state index is 0.501. The van der Waals surface area contributed by atoms with Crippen molar-refractivity contribution >= 4 is 46.3 Å². The van der Waals surface area contributed by atoms with Crippen molar-refractivity contribution in [2.75, 3.05) is 10.6 Å². The quantitative estimate of drug-likeness (QED) is 0.572. The van der Waals surface area contributed by atoms with Crippen molar-refractivity contribution in [2.24, 2.45) is 0 Å². The molecule has 3 aromatic rings. The smallest absolute Gasteiger partial charge is 0.229 e. The van der Waals surface area contributed by atoms with Gasteiger partial charge in [0.15, 0.2) is 0 Å². The third kappa shape index (κ3) is 4.41. The van der Waals surface area contributed by atoms with Crippen molar-refractivity contribution in [3.8, 4) is 0 Å². The van der Waals surface area contributed by atoms with Gasteiger partial charge >= 0.3 is 0 Å². The first-order valence-corrected chi connectivity index (χ1v) is 8.58. The molecule has 0 atom stereocenters. The average Bonchev–Trinajstić information content (AvgIpc) is 2.54. The summed E-state index contributed by atoms with van der Waals surface area (Å²) in [5, 5.41) is 7.86. The normalized spacial score (nSPS) is 10.6. The van der Waals surface area contributed by atoms with Gasteiger partial charge in [-0.05, 0) is 56.2 Å². The zero-order valence-corrected chi connectivity index (χ0v) is 15.7. The number of benzene rings is 2. The second-order valence-electron chi connectivity index (χ2n) is 5.90. The van der Waals surface area contributed by atoms with Gasteiger partial charge < -0.3 is 10.6 Å². The lowest BCUT2D eigenvalue weighted by atomic mass is 10.2. The third-order valence-corrected chi connectivity index (χ3v) is 4.54. The van der Waals surface area contributed by atoms with E-state index < -0.39 is 0 Å². The Morgan fingerprint density at radius 3 is 1.84 bits per heavy atom. The molecule has 25 heavy (non-hydrogen) atoms. The highest BCUT2D eigenvalue weighted by Gasteiger charge is 2.06. The van der Waals surface area contributed by atoms with E-state index in [-0.39, 0.29) is 0 Å². The van der Waals surface area contributed by atoms with Gasteiger partial charge in [-0.15, -0.1) is 0 Å². The molecule has 0 amide bonds. The van der Waals surface area contributed by atoms with Crippen molar-refractivity contribution < 1.29 is 0 Å². The molecule has 0 aliphatic heterocycles. The maximum atomic E-state index is 6.18. The van der Waals surface area contributed by atoms with Crippen LogP contribution in [0.25, 0.3) is 0 Å². The Bertz CT molecular complexity index is 854. The Morgan fingerprint density at radius 2 is 1.28 bits per heavy atom. The molecule has 0 radical (unpaired) electrons. The molecule has 0 aliphatic rings. The molecule has 0 aliphatic carbocycles. The third-order valence-electron chi connectivity index (χ3n) is 3.73. The van der Waals surface area contributed by atoms with Gasteiger partial charge in [-0.25, -0.2) is 4.98 Å². The van der Waals surface area contributed by atoms with Crippen LogP contribution in [-0.4, -0.2) is 9.97 Å². The molecule has 128 valence electrons. The first-order chi connectivity index (χ1) is 11.9. The summed E-state index contributed by atoms with van der Waals surface area (Å²) < 4.78 is 0. The van der Waals surface area contributed by atoms with E-state index in [0.717, 1.165) is 28.2 Å². The van der Waals surface area contributed by atoms with Crippen LogP contribution in [0.1, 0.15) is 16.8 Å². The fourth-order valence-corrected chi connectivity index (χ4v) is 2.67. The first-order valence-electron chi connectivity index (χ1n) is 7.83. The number of aromatic nitrogens is 2. The molecule has 0 saturated heterocycles. The summed E-state index contributed by atoms with van der Waals surface area (Å²) >= 11 is 12.4. The van der Waals surface area contributed by atoms with Crippen LogP contribution in [0.3, 0.4) is 0 Å². The predicted octanol–water partition coefficient (Wildman–Crippen LogP) is 6.20. The Kier molecular flexibility index (Phi) is 5.11. The maximum Gasteiger partial charge on any atom is 0.229 e. The highest BCUT2D eigenvalue weighted by atomic mass is 35.5. The van der Waals surface area contributed by atoms with Crippen molar-refractivity contribution in [1.29, 1.82) is 0 Å². The minimum absolute atomic E-state index is 0.501. The highest BCUT2D eigenvalue weighted by Crippen LogP contribution is 2.25. The summed E-state index contributed by atoms with van der Waals surface area (Å²) in [6.07, 6.45) is 0. The summed E-state index contributed by atoms with van der Waals surface area (Å²) in [6.45, 7) is 5.85. The van der Waals surface area contributed by atoms with E-state index in [0.29, 0.717) is 21.8 Å². The number of aryl methyl sites for hydroxylation is 3. The number of hydrogen-bond donors (Lipinski definition) is 2. The number of hydrogen-bond acceptors (Lipinski definition) is 4. The molecule has 0 bridgehead atoms. The molecular weight excluding hydrogens is 355 g/mol. The highest BCUT2D eigenvalue weighted by molar-refractivity contribution is 6.32. The van der Waals surface area contributed by atoms with E-state index >= 15 is 0 Å². The van der Waals surface area contributed by atoms with Gasteiger partial charge in [-0.3, -0.25) is 0 Å². The lowest BCUT2D eigenvalue weighted by Gasteiger charge is -2.11. The Balaban J connectivity index is 1.84. The van der Waals surface area contributed by atoms with Crippen molar-refractivity contribution in [3.63, 3.8) is 0 Å². The topological polar surface area (TPSA) is 49.8 Å².